The molecule has 2 N–H and O–H groups in total. The average molecular weight is 547 g/mol. The van der Waals surface area contributed by atoms with Crippen LogP contribution in [-0.2, 0) is 4.74 Å². The number of piperazine rings is 1. The summed E-state index contributed by atoms with van der Waals surface area (Å²) in [6.45, 7) is 7.37. The number of aliphatic imine (C=N–C) groups is 1. The summed E-state index contributed by atoms with van der Waals surface area (Å²) < 4.78 is 21.4. The van der Waals surface area contributed by atoms with Crippen LogP contribution in [0, 0.1) is 11.8 Å². The molecule has 1 aliphatic carbocycles. The number of anilines is 1. The van der Waals surface area contributed by atoms with Gasteiger partial charge in [-0.15, -0.1) is 0 Å². The normalized spacial score (nSPS) is 29.2. The van der Waals surface area contributed by atoms with Crippen molar-refractivity contribution in [3.8, 4) is 5.75 Å². The van der Waals surface area contributed by atoms with Crippen LogP contribution in [0.2, 0.25) is 0 Å². The van der Waals surface area contributed by atoms with Crippen LogP contribution in [0.5, 0.6) is 5.75 Å². The highest BCUT2D eigenvalue weighted by Gasteiger charge is 2.48. The van der Waals surface area contributed by atoms with E-state index in [0.29, 0.717) is 18.3 Å². The van der Waals surface area contributed by atoms with E-state index in [9.17, 15) is 5.11 Å². The molecule has 0 aromatic heterocycles. The fourth-order valence-corrected chi connectivity index (χ4v) is 7.31. The Morgan fingerprint density at radius 1 is 1.23 bits per heavy atom. The first-order valence-electron chi connectivity index (χ1n) is 15.1. The Balaban J connectivity index is 1.34. The molecule has 3 heterocycles. The topological polar surface area (TPSA) is 60.3 Å². The third-order valence-corrected chi connectivity index (χ3v) is 9.51. The van der Waals surface area contributed by atoms with Gasteiger partial charge in [0.25, 0.3) is 0 Å². The summed E-state index contributed by atoms with van der Waals surface area (Å²) in [4.78, 5) is 9.85. The number of nitrogens with zero attached hydrogens (tertiary/aromatic N) is 3. The molecule has 6 nitrogen and oxygen atoms in total. The monoisotopic (exact) mass is 546 g/mol. The molecule has 3 aliphatic heterocycles. The van der Waals surface area contributed by atoms with E-state index in [1.165, 1.54) is 11.1 Å². The second kappa shape index (κ2) is 11.4. The Bertz CT molecular complexity index is 1330. The highest BCUT2D eigenvalue weighted by Crippen LogP contribution is 2.45. The molecule has 40 heavy (non-hydrogen) atoms. The van der Waals surface area contributed by atoms with Crippen LogP contribution in [0.25, 0.3) is 10.8 Å². The maximum Gasteiger partial charge on any atom is 0.210 e. The van der Waals surface area contributed by atoms with Gasteiger partial charge in [-0.25, -0.2) is 4.39 Å². The lowest BCUT2D eigenvalue weighted by Gasteiger charge is -2.42. The van der Waals surface area contributed by atoms with Gasteiger partial charge in [0, 0.05) is 49.4 Å². The van der Waals surface area contributed by atoms with Gasteiger partial charge in [-0.05, 0) is 79.5 Å². The fraction of sp³-hybridized carbons (Fsp3) is 0.545. The van der Waals surface area contributed by atoms with Gasteiger partial charge in [-0.1, -0.05) is 37.6 Å². The number of hydrogen-bond donors (Lipinski definition) is 2. The van der Waals surface area contributed by atoms with Gasteiger partial charge in [0.1, 0.15) is 17.8 Å². The smallest absolute Gasteiger partial charge is 0.210 e. The fourth-order valence-electron chi connectivity index (χ4n) is 7.31. The third kappa shape index (κ3) is 5.20. The summed E-state index contributed by atoms with van der Waals surface area (Å²) in [5.41, 5.74) is 3.54. The van der Waals surface area contributed by atoms with Crippen molar-refractivity contribution >= 4 is 22.3 Å². The van der Waals surface area contributed by atoms with Crippen molar-refractivity contribution in [1.29, 1.82) is 0 Å². The lowest BCUT2D eigenvalue weighted by molar-refractivity contribution is 0.0617. The number of nitrogens with one attached hydrogen (secondary N) is 1. The van der Waals surface area contributed by atoms with Crippen LogP contribution < -0.4 is 10.2 Å². The molecular weight excluding hydrogens is 503 g/mol. The first-order valence-corrected chi connectivity index (χ1v) is 15.1. The summed E-state index contributed by atoms with van der Waals surface area (Å²) in [6.07, 6.45) is 7.24. The van der Waals surface area contributed by atoms with E-state index in [1.807, 2.05) is 24.3 Å². The lowest BCUT2D eigenvalue weighted by Crippen LogP contribution is -2.60. The predicted octanol–water partition coefficient (Wildman–Crippen LogP) is 6.17. The zero-order valence-corrected chi connectivity index (χ0v) is 24.1. The molecule has 0 amide bonds. The first-order chi connectivity index (χ1) is 19.4. The molecule has 5 unspecified atom stereocenters. The van der Waals surface area contributed by atoms with Gasteiger partial charge in [0.2, 0.25) is 5.88 Å². The minimum absolute atomic E-state index is 0.162. The summed E-state index contributed by atoms with van der Waals surface area (Å²) >= 11 is 0. The molecule has 4 aliphatic rings. The molecule has 2 aromatic carbocycles. The highest BCUT2D eigenvalue weighted by molar-refractivity contribution is 6.01. The van der Waals surface area contributed by atoms with E-state index in [-0.39, 0.29) is 23.8 Å². The summed E-state index contributed by atoms with van der Waals surface area (Å²) in [5, 5.41) is 16.3. The molecular formula is C33H43FN4O2. The number of rotatable bonds is 6. The molecule has 2 aromatic rings. The number of amidine groups is 1. The van der Waals surface area contributed by atoms with Gasteiger partial charge in [-0.2, -0.15) is 4.99 Å². The molecule has 0 spiro atoms. The second-order valence-corrected chi connectivity index (χ2v) is 12.1. The zero-order valence-electron chi connectivity index (χ0n) is 24.1. The van der Waals surface area contributed by atoms with Gasteiger partial charge in [-0.3, -0.25) is 0 Å². The maximum atomic E-state index is 15.7. The minimum atomic E-state index is -0.804. The van der Waals surface area contributed by atoms with Crippen molar-refractivity contribution < 1.29 is 14.2 Å². The summed E-state index contributed by atoms with van der Waals surface area (Å²) in [6, 6.07) is 12.0. The van der Waals surface area contributed by atoms with Crippen molar-refractivity contribution in [2.75, 3.05) is 38.2 Å². The Hall–Kier alpha value is -3.06. The van der Waals surface area contributed by atoms with E-state index in [4.69, 9.17) is 9.73 Å². The number of unbranched alkanes of at least 4 members (excludes halogenated alkanes) is 1. The van der Waals surface area contributed by atoms with Crippen LogP contribution >= 0.6 is 0 Å². The Morgan fingerprint density at radius 2 is 2.08 bits per heavy atom. The standard InChI is InChI=1S/C33H43FN4O2/c1-4-5-10-31(40-3)36-33(38-19-24-15-23-11-12-28(23)32(34)29(20-38)35-24)26-13-14-37(18-21(26)2)30-17-25(39)16-22-8-6-7-9-27(22)30/h6-10,16-17,23-24,28-29,32,35,39H,4-5,11-15,18-20H2,1-3H3/b31-10-,36-33+. The third-order valence-electron chi connectivity index (χ3n) is 9.51. The van der Waals surface area contributed by atoms with E-state index in [2.05, 4.69) is 47.2 Å². The number of halogens is 1. The van der Waals surface area contributed by atoms with Crippen LogP contribution in [0.4, 0.5) is 10.1 Å². The molecule has 1 saturated carbocycles. The number of benzene rings is 2. The van der Waals surface area contributed by atoms with Crippen LogP contribution in [-0.4, -0.2) is 67.4 Å². The van der Waals surface area contributed by atoms with Gasteiger partial charge in [0.05, 0.1) is 13.2 Å². The zero-order chi connectivity index (χ0) is 27.8. The Morgan fingerprint density at radius 3 is 2.83 bits per heavy atom. The van der Waals surface area contributed by atoms with Crippen LogP contribution in [0.1, 0.15) is 52.4 Å². The van der Waals surface area contributed by atoms with E-state index >= 15 is 4.39 Å². The van der Waals surface area contributed by atoms with Crippen LogP contribution in [0.3, 0.4) is 0 Å². The highest BCUT2D eigenvalue weighted by atomic mass is 19.1. The quantitative estimate of drug-likeness (QED) is 0.258. The number of fused-ring (bicyclic) bond motifs is 4. The number of alkyl halides is 1. The summed E-state index contributed by atoms with van der Waals surface area (Å²) in [5.74, 6) is 2.59. The molecule has 2 saturated heterocycles. The number of aromatic hydroxyl groups is 1. The van der Waals surface area contributed by atoms with Crippen molar-refractivity contribution in [3.05, 3.63) is 59.5 Å². The number of hydrogen-bond acceptors (Lipinski definition) is 5. The molecule has 0 radical (unpaired) electrons. The van der Waals surface area contributed by atoms with Crippen molar-refractivity contribution in [3.63, 3.8) is 0 Å². The van der Waals surface area contributed by atoms with E-state index in [0.717, 1.165) is 80.5 Å². The molecule has 7 heteroatoms. The SMILES string of the molecule is CCC/C=C(/N=C(\C1=C(C)CN(c2cc(O)cc3ccccc23)CC1)N1CC2CC3CCC3C(F)C(C1)N2)OC. The number of methoxy groups -OCH3 is 1. The first kappa shape index (κ1) is 27.1. The lowest BCUT2D eigenvalue weighted by atomic mass is 9.69. The second-order valence-electron chi connectivity index (χ2n) is 12.1. The van der Waals surface area contributed by atoms with E-state index < -0.39 is 6.17 Å². The predicted molar refractivity (Wildman–Crippen MR) is 161 cm³/mol. The number of phenolic OH excluding ortho intramolecular Hbond substituents is 1. The van der Waals surface area contributed by atoms with Gasteiger partial charge >= 0.3 is 0 Å². The number of phenols is 1. The maximum absolute atomic E-state index is 15.7. The molecule has 5 atom stereocenters. The average Bonchev–Trinajstić information content (AvgIpc) is 3.00. The molecule has 3 fully saturated rings. The Kier molecular flexibility index (Phi) is 7.76. The van der Waals surface area contributed by atoms with E-state index in [1.54, 1.807) is 7.11 Å². The number of ether oxygens (including phenoxy) is 1. The number of allylic oxidation sites excluding steroid dienone is 1. The minimum Gasteiger partial charge on any atom is -0.508 e. The van der Waals surface area contributed by atoms with Gasteiger partial charge < -0.3 is 25.0 Å². The Labute approximate surface area is 237 Å². The molecule has 214 valence electrons. The van der Waals surface area contributed by atoms with Crippen molar-refractivity contribution in [2.45, 2.75) is 70.6 Å². The van der Waals surface area contributed by atoms with Crippen molar-refractivity contribution in [1.82, 2.24) is 10.2 Å². The van der Waals surface area contributed by atoms with Gasteiger partial charge in [0.15, 0.2) is 0 Å². The molecule has 2 bridgehead atoms. The van der Waals surface area contributed by atoms with Crippen LogP contribution in [0.15, 0.2) is 64.5 Å². The largest absolute Gasteiger partial charge is 0.508 e. The summed E-state index contributed by atoms with van der Waals surface area (Å²) in [7, 11) is 1.69. The molecule has 6 rings (SSSR count). The van der Waals surface area contributed by atoms with Crippen molar-refractivity contribution in [2.24, 2.45) is 16.8 Å².